The lowest BCUT2D eigenvalue weighted by atomic mass is 10.0. The van der Waals surface area contributed by atoms with E-state index in [2.05, 4.69) is 5.32 Å². The van der Waals surface area contributed by atoms with Crippen LogP contribution in [-0.2, 0) is 17.0 Å². The van der Waals surface area contributed by atoms with Crippen molar-refractivity contribution < 1.29 is 17.4 Å². The Labute approximate surface area is 126 Å². The van der Waals surface area contributed by atoms with Crippen molar-refractivity contribution >= 4 is 10.8 Å². The minimum atomic E-state index is -4.36. The zero-order valence-corrected chi connectivity index (χ0v) is 13.4. The van der Waals surface area contributed by atoms with E-state index >= 15 is 0 Å². The lowest BCUT2D eigenvalue weighted by molar-refractivity contribution is -0.137. The molecule has 0 fully saturated rings. The normalized spacial score (nSPS) is 15.2. The molecule has 6 heteroatoms. The maximum absolute atomic E-state index is 12.8. The van der Waals surface area contributed by atoms with Gasteiger partial charge in [0.15, 0.2) is 0 Å². The zero-order chi connectivity index (χ0) is 16.0. The molecule has 1 aromatic rings. The molecule has 2 nitrogen and oxygen atoms in total. The highest BCUT2D eigenvalue weighted by molar-refractivity contribution is 7.85. The molecular formula is C15H22F3NOS. The second kappa shape index (κ2) is 7.94. The van der Waals surface area contributed by atoms with Gasteiger partial charge in [0, 0.05) is 27.8 Å². The summed E-state index contributed by atoms with van der Waals surface area (Å²) < 4.78 is 50.4. The van der Waals surface area contributed by atoms with Crippen molar-refractivity contribution in [1.29, 1.82) is 0 Å². The van der Waals surface area contributed by atoms with Gasteiger partial charge >= 0.3 is 6.18 Å². The van der Waals surface area contributed by atoms with Crippen LogP contribution in [0.5, 0.6) is 0 Å². The molecule has 120 valence electrons. The summed E-state index contributed by atoms with van der Waals surface area (Å²) in [4.78, 5) is 0. The van der Waals surface area contributed by atoms with Gasteiger partial charge in [0.05, 0.1) is 5.56 Å². The van der Waals surface area contributed by atoms with Gasteiger partial charge in [0.2, 0.25) is 0 Å². The minimum absolute atomic E-state index is 0.0123. The second-order valence-electron chi connectivity index (χ2n) is 5.23. The Balaban J connectivity index is 2.99. The average molecular weight is 321 g/mol. The van der Waals surface area contributed by atoms with E-state index in [1.54, 1.807) is 6.07 Å². The molecule has 0 radical (unpaired) electrons. The molecule has 1 aromatic carbocycles. The minimum Gasteiger partial charge on any atom is -0.309 e. The van der Waals surface area contributed by atoms with E-state index in [1.807, 2.05) is 20.8 Å². The summed E-state index contributed by atoms with van der Waals surface area (Å²) in [6, 6.07) is 4.93. The van der Waals surface area contributed by atoms with Crippen molar-refractivity contribution in [3.8, 4) is 0 Å². The number of benzene rings is 1. The van der Waals surface area contributed by atoms with Crippen molar-refractivity contribution in [3.05, 3.63) is 35.4 Å². The largest absolute Gasteiger partial charge is 0.416 e. The van der Waals surface area contributed by atoms with Crippen LogP contribution < -0.4 is 5.32 Å². The molecule has 0 heterocycles. The third kappa shape index (κ3) is 5.79. The highest BCUT2D eigenvalue weighted by Gasteiger charge is 2.31. The Morgan fingerprint density at radius 2 is 1.95 bits per heavy atom. The highest BCUT2D eigenvalue weighted by atomic mass is 32.2. The van der Waals surface area contributed by atoms with E-state index in [1.165, 1.54) is 6.07 Å². The van der Waals surface area contributed by atoms with Crippen LogP contribution in [0.15, 0.2) is 24.3 Å². The van der Waals surface area contributed by atoms with E-state index in [-0.39, 0.29) is 11.3 Å². The van der Waals surface area contributed by atoms with Gasteiger partial charge < -0.3 is 5.32 Å². The third-order valence-corrected chi connectivity index (χ3v) is 4.83. The summed E-state index contributed by atoms with van der Waals surface area (Å²) in [7, 11) is -1.08. The first-order valence-electron chi connectivity index (χ1n) is 7.03. The summed E-state index contributed by atoms with van der Waals surface area (Å²) in [5, 5.41) is 3.18. The Hall–Kier alpha value is -0.880. The van der Waals surface area contributed by atoms with E-state index in [0.717, 1.165) is 18.6 Å². The smallest absolute Gasteiger partial charge is 0.309 e. The number of hydrogen-bond acceptors (Lipinski definition) is 2. The molecule has 0 saturated carbocycles. The van der Waals surface area contributed by atoms with Crippen LogP contribution in [0.4, 0.5) is 13.2 Å². The molecule has 2 atom stereocenters. The van der Waals surface area contributed by atoms with Gasteiger partial charge in [-0.1, -0.05) is 32.9 Å². The molecule has 0 aliphatic heterocycles. The van der Waals surface area contributed by atoms with Crippen LogP contribution in [0.2, 0.25) is 0 Å². The molecule has 2 unspecified atom stereocenters. The summed E-state index contributed by atoms with van der Waals surface area (Å²) in [6.45, 7) is 6.35. The Bertz CT molecular complexity index is 474. The van der Waals surface area contributed by atoms with Gasteiger partial charge in [-0.3, -0.25) is 4.21 Å². The summed E-state index contributed by atoms with van der Waals surface area (Å²) >= 11 is 0. The maximum atomic E-state index is 12.8. The topological polar surface area (TPSA) is 29.1 Å². The van der Waals surface area contributed by atoms with Crippen molar-refractivity contribution in [3.63, 3.8) is 0 Å². The molecule has 1 N–H and O–H groups in total. The highest BCUT2D eigenvalue weighted by Crippen LogP contribution is 2.31. The van der Waals surface area contributed by atoms with Crippen LogP contribution in [0, 0.1) is 0 Å². The average Bonchev–Trinajstić information content (AvgIpc) is 2.42. The molecule has 21 heavy (non-hydrogen) atoms. The van der Waals surface area contributed by atoms with Gasteiger partial charge in [0.25, 0.3) is 0 Å². The van der Waals surface area contributed by atoms with Crippen LogP contribution in [0.25, 0.3) is 0 Å². The quantitative estimate of drug-likeness (QED) is 0.825. The fourth-order valence-electron chi connectivity index (χ4n) is 1.88. The summed E-state index contributed by atoms with van der Waals surface area (Å²) in [5.41, 5.74) is -0.133. The van der Waals surface area contributed by atoms with Crippen LogP contribution >= 0.6 is 0 Å². The summed E-state index contributed by atoms with van der Waals surface area (Å²) in [6.07, 6.45) is -3.49. The van der Waals surface area contributed by atoms with E-state index in [0.29, 0.717) is 17.9 Å². The number of alkyl halides is 3. The fraction of sp³-hybridized carbons (Fsp3) is 0.600. The monoisotopic (exact) mass is 321 g/mol. The number of rotatable bonds is 7. The Morgan fingerprint density at radius 1 is 1.29 bits per heavy atom. The molecular weight excluding hydrogens is 299 g/mol. The van der Waals surface area contributed by atoms with Crippen molar-refractivity contribution in [1.82, 2.24) is 5.32 Å². The molecule has 0 spiro atoms. The van der Waals surface area contributed by atoms with Gasteiger partial charge in [-0.2, -0.15) is 13.2 Å². The van der Waals surface area contributed by atoms with Gasteiger partial charge in [-0.25, -0.2) is 0 Å². The summed E-state index contributed by atoms with van der Waals surface area (Å²) in [5.74, 6) is 0.318. The van der Waals surface area contributed by atoms with Crippen molar-refractivity contribution in [2.24, 2.45) is 0 Å². The first kappa shape index (κ1) is 18.2. The van der Waals surface area contributed by atoms with Crippen molar-refractivity contribution in [2.45, 2.75) is 44.7 Å². The molecule has 0 aromatic heterocycles. The second-order valence-corrected chi connectivity index (χ2v) is 7.26. The van der Waals surface area contributed by atoms with E-state index < -0.39 is 22.5 Å². The van der Waals surface area contributed by atoms with E-state index in [9.17, 15) is 17.4 Å². The lowest BCUT2D eigenvalue weighted by Crippen LogP contribution is -2.29. The van der Waals surface area contributed by atoms with E-state index in [4.69, 9.17) is 0 Å². The number of halogens is 3. The fourth-order valence-corrected chi connectivity index (χ4v) is 2.90. The van der Waals surface area contributed by atoms with Gasteiger partial charge in [0.1, 0.15) is 0 Å². The van der Waals surface area contributed by atoms with Crippen molar-refractivity contribution in [2.75, 3.05) is 12.3 Å². The van der Waals surface area contributed by atoms with Crippen LogP contribution in [0.1, 0.15) is 44.4 Å². The van der Waals surface area contributed by atoms with Crippen LogP contribution in [-0.4, -0.2) is 21.8 Å². The third-order valence-electron chi connectivity index (χ3n) is 3.11. The first-order chi connectivity index (χ1) is 9.75. The predicted octanol–water partition coefficient (Wildman–Crippen LogP) is 3.90. The Morgan fingerprint density at radius 3 is 2.48 bits per heavy atom. The molecule has 0 amide bonds. The number of hydrogen-bond donors (Lipinski definition) is 1. The lowest BCUT2D eigenvalue weighted by Gasteiger charge is -2.21. The van der Waals surface area contributed by atoms with Gasteiger partial charge in [-0.15, -0.1) is 0 Å². The maximum Gasteiger partial charge on any atom is 0.416 e. The predicted molar refractivity (Wildman–Crippen MR) is 80.6 cm³/mol. The molecule has 0 saturated heterocycles. The molecule has 0 aliphatic rings. The zero-order valence-electron chi connectivity index (χ0n) is 12.5. The first-order valence-corrected chi connectivity index (χ1v) is 8.41. The van der Waals surface area contributed by atoms with Gasteiger partial charge in [-0.05, 0) is 30.7 Å². The molecule has 0 bridgehead atoms. The standard InChI is InChI=1S/C15H22F3NOS/c1-4-8-19-14(10-21(20)11(2)3)12-6-5-7-13(9-12)15(16,17)18/h5-7,9,11,14,19H,4,8,10H2,1-3H3. The van der Waals surface area contributed by atoms with Crippen LogP contribution in [0.3, 0.4) is 0 Å². The molecule has 1 rings (SSSR count). The number of nitrogens with one attached hydrogen (secondary N) is 1. The Kier molecular flexibility index (Phi) is 6.87. The SMILES string of the molecule is CCCNC(CS(=O)C(C)C)c1cccc(C(F)(F)F)c1. The molecule has 0 aliphatic carbocycles.